The van der Waals surface area contributed by atoms with Crippen LogP contribution in [0, 0.1) is 5.92 Å². The lowest BCUT2D eigenvalue weighted by atomic mass is 9.86. The van der Waals surface area contributed by atoms with Crippen LogP contribution in [0.4, 0.5) is 17.6 Å². The van der Waals surface area contributed by atoms with E-state index in [4.69, 9.17) is 0 Å². The molecule has 8 heteroatoms. The average molecular weight is 504 g/mol. The zero-order valence-electron chi connectivity index (χ0n) is 20.4. The van der Waals surface area contributed by atoms with Crippen LogP contribution in [0.2, 0.25) is 0 Å². The smallest absolute Gasteiger partial charge is 0.283 e. The fourth-order valence-electron chi connectivity index (χ4n) is 5.82. The molecule has 1 aromatic heterocycles. The predicted octanol–water partition coefficient (Wildman–Crippen LogP) is 5.43. The molecule has 2 aliphatic rings. The quantitative estimate of drug-likeness (QED) is 0.383. The molecule has 3 aromatic rings. The summed E-state index contributed by atoms with van der Waals surface area (Å²) in [5, 5.41) is 10.4. The molecule has 1 saturated heterocycles. The van der Waals surface area contributed by atoms with E-state index in [1.165, 1.54) is 0 Å². The first kappa shape index (κ1) is 25.2. The Balaban J connectivity index is 1.44. The maximum Gasteiger partial charge on any atom is 0.283 e. The number of aliphatic hydroxyl groups is 1. The summed E-state index contributed by atoms with van der Waals surface area (Å²) in [6, 6.07) is 14.5. The van der Waals surface area contributed by atoms with Crippen molar-refractivity contribution in [2.75, 3.05) is 39.5 Å². The number of halogens is 4. The van der Waals surface area contributed by atoms with Crippen molar-refractivity contribution < 1.29 is 22.7 Å². The van der Waals surface area contributed by atoms with Crippen molar-refractivity contribution in [1.29, 1.82) is 0 Å². The van der Waals surface area contributed by atoms with Gasteiger partial charge in [0.05, 0.1) is 19.3 Å². The van der Waals surface area contributed by atoms with Gasteiger partial charge in [0.2, 0.25) is 0 Å². The zero-order valence-corrected chi connectivity index (χ0v) is 20.4. The number of benzene rings is 2. The van der Waals surface area contributed by atoms with Crippen molar-refractivity contribution >= 4 is 10.9 Å². The second kappa shape index (κ2) is 10.1. The summed E-state index contributed by atoms with van der Waals surface area (Å²) in [6.45, 7) is 1.67. The molecular weight excluding hydrogens is 470 g/mol. The number of aromatic amines is 1. The maximum absolute atomic E-state index is 15.2. The fourth-order valence-corrected chi connectivity index (χ4v) is 5.82. The summed E-state index contributed by atoms with van der Waals surface area (Å²) < 4.78 is 56.4. The molecule has 0 saturated carbocycles. The van der Waals surface area contributed by atoms with Gasteiger partial charge in [-0.2, -0.15) is 0 Å². The van der Waals surface area contributed by atoms with Gasteiger partial charge in [0.1, 0.15) is 12.8 Å². The summed E-state index contributed by atoms with van der Waals surface area (Å²) in [7, 11) is 0. The minimum atomic E-state index is -3.24. The van der Waals surface area contributed by atoms with Gasteiger partial charge >= 0.3 is 0 Å². The molecule has 3 atom stereocenters. The largest absolute Gasteiger partial charge is 0.390 e. The van der Waals surface area contributed by atoms with Crippen LogP contribution in [0.15, 0.2) is 48.5 Å². The average Bonchev–Trinajstić information content (AvgIpc) is 3.21. The lowest BCUT2D eigenvalue weighted by molar-refractivity contribution is -0.0864. The number of hydrogen-bond acceptors (Lipinski definition) is 3. The highest BCUT2D eigenvalue weighted by Crippen LogP contribution is 2.42. The number of aliphatic hydroxyl groups excluding tert-OH is 1. The third-order valence-electron chi connectivity index (χ3n) is 7.74. The number of aromatic nitrogens is 1. The van der Waals surface area contributed by atoms with Gasteiger partial charge in [0.25, 0.3) is 5.92 Å². The van der Waals surface area contributed by atoms with Gasteiger partial charge in [-0.1, -0.05) is 42.5 Å². The van der Waals surface area contributed by atoms with Gasteiger partial charge in [-0.3, -0.25) is 9.29 Å². The Bertz CT molecular complexity index is 1180. The van der Waals surface area contributed by atoms with E-state index in [1.54, 1.807) is 17.0 Å². The number of hydrogen-bond donors (Lipinski definition) is 2. The number of rotatable bonds is 9. The van der Waals surface area contributed by atoms with Crippen LogP contribution in [0.1, 0.15) is 47.9 Å². The monoisotopic (exact) mass is 503 g/mol. The maximum atomic E-state index is 15.2. The Morgan fingerprint density at radius 1 is 1.11 bits per heavy atom. The normalized spacial score (nSPS) is 22.5. The molecule has 2 aromatic carbocycles. The molecule has 0 spiro atoms. The zero-order chi connectivity index (χ0) is 25.4. The molecule has 3 heterocycles. The highest BCUT2D eigenvalue weighted by molar-refractivity contribution is 5.85. The van der Waals surface area contributed by atoms with Crippen molar-refractivity contribution in [3.05, 3.63) is 70.9 Å². The number of para-hydroxylation sites is 1. The van der Waals surface area contributed by atoms with Gasteiger partial charge in [0.15, 0.2) is 0 Å². The lowest BCUT2D eigenvalue weighted by Gasteiger charge is -2.42. The molecule has 194 valence electrons. The lowest BCUT2D eigenvalue weighted by Crippen LogP contribution is -2.49. The van der Waals surface area contributed by atoms with Crippen LogP contribution in [0.3, 0.4) is 0 Å². The van der Waals surface area contributed by atoms with Crippen LogP contribution in [-0.2, 0) is 6.42 Å². The van der Waals surface area contributed by atoms with Crippen LogP contribution >= 0.6 is 0 Å². The third kappa shape index (κ3) is 4.78. The Morgan fingerprint density at radius 2 is 1.83 bits per heavy atom. The molecule has 5 rings (SSSR count). The molecule has 0 radical (unpaired) electrons. The number of fused-ring (bicyclic) bond motifs is 3. The molecule has 4 nitrogen and oxygen atoms in total. The summed E-state index contributed by atoms with van der Waals surface area (Å²) in [5.74, 6) is -3.36. The van der Waals surface area contributed by atoms with Gasteiger partial charge in [0, 0.05) is 48.2 Å². The molecule has 1 fully saturated rings. The minimum absolute atomic E-state index is 0.120. The van der Waals surface area contributed by atoms with Gasteiger partial charge in [-0.25, -0.2) is 13.2 Å². The molecule has 1 unspecified atom stereocenters. The number of nitrogens with one attached hydrogen (secondary N) is 1. The van der Waals surface area contributed by atoms with Gasteiger partial charge in [-0.05, 0) is 42.5 Å². The van der Waals surface area contributed by atoms with Gasteiger partial charge < -0.3 is 15.0 Å². The van der Waals surface area contributed by atoms with Crippen LogP contribution in [0.25, 0.3) is 10.9 Å². The minimum Gasteiger partial charge on any atom is -0.390 e. The second-order valence-electron chi connectivity index (χ2n) is 10.3. The van der Waals surface area contributed by atoms with E-state index < -0.39 is 31.3 Å². The molecular formula is C28H33F4N3O. The molecule has 36 heavy (non-hydrogen) atoms. The third-order valence-corrected chi connectivity index (χ3v) is 7.74. The molecule has 0 bridgehead atoms. The van der Waals surface area contributed by atoms with E-state index in [0.717, 1.165) is 27.7 Å². The molecule has 0 aliphatic carbocycles. The van der Waals surface area contributed by atoms with E-state index in [1.807, 2.05) is 43.3 Å². The first-order chi connectivity index (χ1) is 17.3. The standard InChI is InChI=1S/C28H33F4N3O/c1-18-13-23-22-5-2-3-6-24(22)33-26(23)27(35(18)16-28(31,32)17-36)20-9-7-19(8-10-20)25(30)21-14-34(15-21)12-4-11-29/h2-3,5-10,18,21,25,27,33,36H,4,11-17H2,1H3/t18-,25?,27-/m1/s1. The van der Waals surface area contributed by atoms with E-state index in [-0.39, 0.29) is 18.6 Å². The summed E-state index contributed by atoms with van der Waals surface area (Å²) in [5.41, 5.74) is 4.31. The van der Waals surface area contributed by atoms with E-state index in [9.17, 15) is 18.3 Å². The Kier molecular flexibility index (Phi) is 7.12. The van der Waals surface area contributed by atoms with E-state index in [2.05, 4.69) is 9.88 Å². The summed E-state index contributed by atoms with van der Waals surface area (Å²) in [6.07, 6.45) is -0.0353. The van der Waals surface area contributed by atoms with Crippen molar-refractivity contribution in [1.82, 2.24) is 14.8 Å². The van der Waals surface area contributed by atoms with E-state index >= 15 is 4.39 Å². The van der Waals surface area contributed by atoms with Crippen molar-refractivity contribution in [2.24, 2.45) is 5.92 Å². The van der Waals surface area contributed by atoms with Gasteiger partial charge in [-0.15, -0.1) is 0 Å². The second-order valence-corrected chi connectivity index (χ2v) is 10.3. The topological polar surface area (TPSA) is 42.5 Å². The number of likely N-dealkylation sites (tertiary alicyclic amines) is 1. The van der Waals surface area contributed by atoms with Crippen molar-refractivity contribution in [3.63, 3.8) is 0 Å². The summed E-state index contributed by atoms with van der Waals surface area (Å²) in [4.78, 5) is 7.26. The fraction of sp³-hybridized carbons (Fsp3) is 0.500. The molecule has 2 aliphatic heterocycles. The number of nitrogens with zero attached hydrogens (tertiary/aromatic N) is 2. The van der Waals surface area contributed by atoms with Crippen LogP contribution in [0.5, 0.6) is 0 Å². The molecule has 0 amide bonds. The number of H-pyrrole nitrogens is 1. The Morgan fingerprint density at radius 3 is 2.53 bits per heavy atom. The van der Waals surface area contributed by atoms with Crippen LogP contribution < -0.4 is 0 Å². The first-order valence-corrected chi connectivity index (χ1v) is 12.7. The van der Waals surface area contributed by atoms with Crippen LogP contribution in [-0.4, -0.2) is 71.3 Å². The number of alkyl halides is 4. The first-order valence-electron chi connectivity index (χ1n) is 12.7. The predicted molar refractivity (Wildman–Crippen MR) is 133 cm³/mol. The summed E-state index contributed by atoms with van der Waals surface area (Å²) >= 11 is 0. The highest BCUT2D eigenvalue weighted by atomic mass is 19.3. The van der Waals surface area contributed by atoms with Crippen molar-refractivity contribution in [3.8, 4) is 0 Å². The van der Waals surface area contributed by atoms with Crippen molar-refractivity contribution in [2.45, 2.75) is 43.9 Å². The Labute approximate surface area is 208 Å². The Hall–Kier alpha value is -2.42. The highest BCUT2D eigenvalue weighted by Gasteiger charge is 2.42. The SMILES string of the molecule is C[C@@H]1Cc2c([nH]c3ccccc23)[C@@H](c2ccc(C(F)C3CN(CCCF)C3)cc2)N1CC(F)(F)CO. The molecule has 2 N–H and O–H groups in total. The van der Waals surface area contributed by atoms with E-state index in [0.29, 0.717) is 38.0 Å².